The molecular formula is C19H22N2O4. The summed E-state index contributed by atoms with van der Waals surface area (Å²) >= 11 is 0. The van der Waals surface area contributed by atoms with Crippen molar-refractivity contribution in [1.29, 1.82) is 0 Å². The van der Waals surface area contributed by atoms with Gasteiger partial charge in [0.05, 0.1) is 19.8 Å². The van der Waals surface area contributed by atoms with Crippen LogP contribution in [0.5, 0.6) is 5.75 Å². The largest absolute Gasteiger partial charge is 0.496 e. The van der Waals surface area contributed by atoms with Crippen LogP contribution >= 0.6 is 0 Å². The molecule has 0 saturated carbocycles. The highest BCUT2D eigenvalue weighted by atomic mass is 16.5. The number of piperazine rings is 1. The number of carbonyl (C=O) groups is 2. The van der Waals surface area contributed by atoms with Crippen LogP contribution in [0.2, 0.25) is 0 Å². The Labute approximate surface area is 147 Å². The highest BCUT2D eigenvalue weighted by Gasteiger charge is 2.26. The normalized spacial score (nSPS) is 14.5. The third-order valence-electron chi connectivity index (χ3n) is 4.43. The fraction of sp³-hybridized carbons (Fsp3) is 0.368. The molecule has 1 fully saturated rings. The third kappa shape index (κ3) is 3.84. The monoisotopic (exact) mass is 342 g/mol. The Morgan fingerprint density at radius 1 is 1.12 bits per heavy atom. The van der Waals surface area contributed by atoms with Crippen molar-refractivity contribution in [3.63, 3.8) is 0 Å². The molecule has 0 atom stereocenters. The number of hydrogen-bond acceptors (Lipinski definition) is 4. The Kier molecular flexibility index (Phi) is 5.07. The van der Waals surface area contributed by atoms with Gasteiger partial charge in [-0.3, -0.25) is 9.59 Å². The predicted octanol–water partition coefficient (Wildman–Crippen LogP) is 2.12. The first-order valence-corrected chi connectivity index (χ1v) is 8.32. The van der Waals surface area contributed by atoms with Gasteiger partial charge in [-0.05, 0) is 25.1 Å². The van der Waals surface area contributed by atoms with Gasteiger partial charge >= 0.3 is 0 Å². The van der Waals surface area contributed by atoms with Gasteiger partial charge in [-0.2, -0.15) is 0 Å². The second-order valence-electron chi connectivity index (χ2n) is 6.14. The van der Waals surface area contributed by atoms with Crippen LogP contribution in [-0.2, 0) is 11.2 Å². The maximum absolute atomic E-state index is 12.6. The van der Waals surface area contributed by atoms with Crippen molar-refractivity contribution in [2.45, 2.75) is 13.3 Å². The molecule has 0 N–H and O–H groups in total. The van der Waals surface area contributed by atoms with E-state index in [0.29, 0.717) is 38.4 Å². The molecule has 1 aliphatic heterocycles. The first-order chi connectivity index (χ1) is 12.1. The van der Waals surface area contributed by atoms with Gasteiger partial charge < -0.3 is 19.0 Å². The van der Waals surface area contributed by atoms with E-state index in [9.17, 15) is 9.59 Å². The highest BCUT2D eigenvalue weighted by Crippen LogP contribution is 2.21. The molecule has 6 nitrogen and oxygen atoms in total. The third-order valence-corrected chi connectivity index (χ3v) is 4.43. The minimum absolute atomic E-state index is 0.0500. The van der Waals surface area contributed by atoms with Crippen LogP contribution in [0.3, 0.4) is 0 Å². The number of benzene rings is 1. The van der Waals surface area contributed by atoms with Crippen LogP contribution in [0.25, 0.3) is 0 Å². The van der Waals surface area contributed by atoms with Crippen molar-refractivity contribution < 1.29 is 18.7 Å². The van der Waals surface area contributed by atoms with Crippen molar-refractivity contribution in [1.82, 2.24) is 9.80 Å². The minimum Gasteiger partial charge on any atom is -0.496 e. The van der Waals surface area contributed by atoms with Crippen LogP contribution in [0.4, 0.5) is 0 Å². The van der Waals surface area contributed by atoms with Gasteiger partial charge in [-0.15, -0.1) is 0 Å². The van der Waals surface area contributed by atoms with E-state index < -0.39 is 0 Å². The Balaban J connectivity index is 1.59. The summed E-state index contributed by atoms with van der Waals surface area (Å²) < 4.78 is 10.5. The minimum atomic E-state index is -0.127. The van der Waals surface area contributed by atoms with Crippen molar-refractivity contribution in [3.05, 3.63) is 53.5 Å². The van der Waals surface area contributed by atoms with Crippen LogP contribution < -0.4 is 4.74 Å². The molecule has 3 rings (SSSR count). The van der Waals surface area contributed by atoms with Gasteiger partial charge in [-0.1, -0.05) is 17.7 Å². The van der Waals surface area contributed by atoms with Gasteiger partial charge in [-0.25, -0.2) is 0 Å². The lowest BCUT2D eigenvalue weighted by Crippen LogP contribution is -2.50. The van der Waals surface area contributed by atoms with Gasteiger partial charge in [0.2, 0.25) is 5.91 Å². The Morgan fingerprint density at radius 2 is 1.84 bits per heavy atom. The number of ether oxygens (including phenoxy) is 1. The molecule has 6 heteroatoms. The highest BCUT2D eigenvalue weighted by molar-refractivity contribution is 5.91. The van der Waals surface area contributed by atoms with Gasteiger partial charge in [0.1, 0.15) is 5.75 Å². The molecule has 2 heterocycles. The van der Waals surface area contributed by atoms with E-state index in [1.54, 1.807) is 29.0 Å². The Morgan fingerprint density at radius 3 is 2.48 bits per heavy atom. The average Bonchev–Trinajstić information content (AvgIpc) is 3.16. The molecule has 25 heavy (non-hydrogen) atoms. The van der Waals surface area contributed by atoms with Crippen LogP contribution in [0.1, 0.15) is 21.7 Å². The number of furan rings is 1. The van der Waals surface area contributed by atoms with E-state index in [4.69, 9.17) is 9.15 Å². The summed E-state index contributed by atoms with van der Waals surface area (Å²) in [5.74, 6) is 0.987. The van der Waals surface area contributed by atoms with Crippen LogP contribution in [0.15, 0.2) is 41.0 Å². The first kappa shape index (κ1) is 17.1. The molecule has 0 radical (unpaired) electrons. The Bertz CT molecular complexity index is 747. The van der Waals surface area contributed by atoms with E-state index in [0.717, 1.165) is 16.9 Å². The van der Waals surface area contributed by atoms with E-state index in [-0.39, 0.29) is 11.8 Å². The second-order valence-corrected chi connectivity index (χ2v) is 6.14. The lowest BCUT2D eigenvalue weighted by molar-refractivity contribution is -0.131. The molecule has 2 amide bonds. The van der Waals surface area contributed by atoms with E-state index >= 15 is 0 Å². The summed E-state index contributed by atoms with van der Waals surface area (Å²) in [5.41, 5.74) is 1.99. The lowest BCUT2D eigenvalue weighted by Gasteiger charge is -2.34. The van der Waals surface area contributed by atoms with E-state index in [2.05, 4.69) is 0 Å². The predicted molar refractivity (Wildman–Crippen MR) is 92.6 cm³/mol. The SMILES string of the molecule is COc1ccc(C)cc1CC(=O)N1CCN(C(=O)c2ccco2)CC1. The van der Waals surface area contributed by atoms with Gasteiger partial charge in [0, 0.05) is 31.7 Å². The van der Waals surface area contributed by atoms with Crippen molar-refractivity contribution in [3.8, 4) is 5.75 Å². The smallest absolute Gasteiger partial charge is 0.289 e. The zero-order valence-electron chi connectivity index (χ0n) is 14.5. The average molecular weight is 342 g/mol. The number of amides is 2. The quantitative estimate of drug-likeness (QED) is 0.854. The maximum atomic E-state index is 12.6. The molecule has 2 aromatic rings. The standard InChI is InChI=1S/C19H22N2O4/c1-14-5-6-16(24-2)15(12-14)13-18(22)20-7-9-21(10-8-20)19(23)17-4-3-11-25-17/h3-6,11-12H,7-10,13H2,1-2H3. The molecule has 0 spiro atoms. The van der Waals surface area contributed by atoms with Crippen molar-refractivity contribution in [2.24, 2.45) is 0 Å². The molecule has 1 aromatic carbocycles. The molecule has 0 unspecified atom stereocenters. The molecule has 1 saturated heterocycles. The molecule has 132 valence electrons. The van der Waals surface area contributed by atoms with Gasteiger partial charge in [0.25, 0.3) is 5.91 Å². The molecular weight excluding hydrogens is 320 g/mol. The van der Waals surface area contributed by atoms with Crippen molar-refractivity contribution >= 4 is 11.8 Å². The number of rotatable bonds is 4. The van der Waals surface area contributed by atoms with Crippen molar-refractivity contribution in [2.75, 3.05) is 33.3 Å². The number of nitrogens with zero attached hydrogens (tertiary/aromatic N) is 2. The number of carbonyl (C=O) groups excluding carboxylic acids is 2. The molecule has 0 aliphatic carbocycles. The summed E-state index contributed by atoms with van der Waals surface area (Å²) in [6.45, 7) is 4.07. The maximum Gasteiger partial charge on any atom is 0.289 e. The van der Waals surface area contributed by atoms with Crippen LogP contribution in [-0.4, -0.2) is 54.9 Å². The molecule has 0 bridgehead atoms. The second kappa shape index (κ2) is 7.42. The lowest BCUT2D eigenvalue weighted by atomic mass is 10.1. The number of methoxy groups -OCH3 is 1. The number of aryl methyl sites for hydroxylation is 1. The zero-order valence-corrected chi connectivity index (χ0v) is 14.5. The summed E-state index contributed by atoms with van der Waals surface area (Å²) in [7, 11) is 1.61. The fourth-order valence-electron chi connectivity index (χ4n) is 3.04. The molecule has 1 aliphatic rings. The number of hydrogen-bond donors (Lipinski definition) is 0. The summed E-state index contributed by atoms with van der Waals surface area (Å²) in [5, 5.41) is 0. The Hall–Kier alpha value is -2.76. The summed E-state index contributed by atoms with van der Waals surface area (Å²) in [6, 6.07) is 9.18. The van der Waals surface area contributed by atoms with E-state index in [1.165, 1.54) is 6.26 Å². The van der Waals surface area contributed by atoms with Gasteiger partial charge in [0.15, 0.2) is 5.76 Å². The first-order valence-electron chi connectivity index (χ1n) is 8.32. The topological polar surface area (TPSA) is 63.0 Å². The fourth-order valence-corrected chi connectivity index (χ4v) is 3.04. The van der Waals surface area contributed by atoms with E-state index in [1.807, 2.05) is 25.1 Å². The summed E-state index contributed by atoms with van der Waals surface area (Å²) in [4.78, 5) is 28.4. The van der Waals surface area contributed by atoms with Crippen LogP contribution in [0, 0.1) is 6.92 Å². The molecule has 1 aromatic heterocycles. The summed E-state index contributed by atoms with van der Waals surface area (Å²) in [6.07, 6.45) is 1.79. The zero-order chi connectivity index (χ0) is 17.8.